The monoisotopic (exact) mass is 441 g/mol. The molecule has 7 nitrogen and oxygen atoms in total. The van der Waals surface area contributed by atoms with Gasteiger partial charge in [-0.15, -0.1) is 0 Å². The van der Waals surface area contributed by atoms with Crippen LogP contribution in [0.15, 0.2) is 24.3 Å². The SMILES string of the molecule is CCCCCCCC/C=C\CCCCCCCC(=O)NCCO.O=C(O)/C=C/C(=O)O. The van der Waals surface area contributed by atoms with Crippen molar-refractivity contribution >= 4 is 17.8 Å². The molecular weight excluding hydrogens is 398 g/mol. The highest BCUT2D eigenvalue weighted by molar-refractivity contribution is 5.89. The van der Waals surface area contributed by atoms with E-state index in [0.717, 1.165) is 12.8 Å². The topological polar surface area (TPSA) is 124 Å². The summed E-state index contributed by atoms with van der Waals surface area (Å²) >= 11 is 0. The highest BCUT2D eigenvalue weighted by Crippen LogP contribution is 2.09. The maximum absolute atomic E-state index is 11.3. The number of carboxylic acid groups (broad SMARTS) is 2. The third kappa shape index (κ3) is 32.7. The van der Waals surface area contributed by atoms with Gasteiger partial charge < -0.3 is 20.6 Å². The van der Waals surface area contributed by atoms with Crippen molar-refractivity contribution in [2.75, 3.05) is 13.2 Å². The Morgan fingerprint density at radius 1 is 0.710 bits per heavy atom. The molecule has 7 heteroatoms. The second kappa shape index (κ2) is 25.9. The summed E-state index contributed by atoms with van der Waals surface area (Å²) in [5.41, 5.74) is 0. The molecule has 0 aromatic carbocycles. The summed E-state index contributed by atoms with van der Waals surface area (Å²) < 4.78 is 0. The molecule has 31 heavy (non-hydrogen) atoms. The summed E-state index contributed by atoms with van der Waals surface area (Å²) in [6, 6.07) is 0. The molecule has 0 spiro atoms. The zero-order chi connectivity index (χ0) is 23.6. The number of allylic oxidation sites excluding steroid dienone is 2. The number of nitrogens with one attached hydrogen (secondary N) is 1. The summed E-state index contributed by atoms with van der Waals surface area (Å²) in [5.74, 6) is -2.45. The molecule has 180 valence electrons. The van der Waals surface area contributed by atoms with Crippen molar-refractivity contribution < 1.29 is 29.7 Å². The number of rotatable bonds is 19. The van der Waals surface area contributed by atoms with E-state index in [1.165, 1.54) is 70.6 Å². The van der Waals surface area contributed by atoms with Gasteiger partial charge in [0.1, 0.15) is 0 Å². The van der Waals surface area contributed by atoms with Crippen molar-refractivity contribution in [3.05, 3.63) is 24.3 Å². The Balaban J connectivity index is 0. The van der Waals surface area contributed by atoms with Crippen LogP contribution in [0.3, 0.4) is 0 Å². The minimum absolute atomic E-state index is 0.0259. The number of amides is 1. The van der Waals surface area contributed by atoms with Gasteiger partial charge in [-0.1, -0.05) is 70.4 Å². The van der Waals surface area contributed by atoms with Crippen LogP contribution in [-0.4, -0.2) is 46.3 Å². The Kier molecular flexibility index (Phi) is 25.9. The van der Waals surface area contributed by atoms with Gasteiger partial charge in [-0.25, -0.2) is 9.59 Å². The van der Waals surface area contributed by atoms with Crippen LogP contribution in [0.1, 0.15) is 96.8 Å². The molecule has 1 amide bonds. The molecule has 0 aromatic rings. The van der Waals surface area contributed by atoms with E-state index in [1.807, 2.05) is 0 Å². The standard InChI is InChI=1S/C20H39NO2.C4H4O4/c1-2-3-4-5-6-7-8-9-10-11-12-13-14-15-16-17-20(23)21-18-19-22;5-3(6)1-2-4(7)8/h9-10,22H,2-8,11-19H2,1H3,(H,21,23);1-2H,(H,5,6)(H,7,8)/b10-9-;2-1+. The third-order valence-corrected chi connectivity index (χ3v) is 4.47. The maximum atomic E-state index is 11.3. The van der Waals surface area contributed by atoms with E-state index in [4.69, 9.17) is 15.3 Å². The average Bonchev–Trinajstić information content (AvgIpc) is 2.74. The number of carbonyl (C=O) groups excluding carboxylic acids is 1. The number of hydrogen-bond acceptors (Lipinski definition) is 4. The molecule has 0 fully saturated rings. The van der Waals surface area contributed by atoms with E-state index in [0.29, 0.717) is 25.1 Å². The second-order valence-corrected chi connectivity index (χ2v) is 7.42. The Hall–Kier alpha value is -2.15. The maximum Gasteiger partial charge on any atom is 0.328 e. The van der Waals surface area contributed by atoms with Crippen molar-refractivity contribution in [3.8, 4) is 0 Å². The summed E-state index contributed by atoms with van der Waals surface area (Å²) in [7, 11) is 0. The van der Waals surface area contributed by atoms with Gasteiger partial charge in [0.2, 0.25) is 5.91 Å². The predicted molar refractivity (Wildman–Crippen MR) is 124 cm³/mol. The smallest absolute Gasteiger partial charge is 0.328 e. The molecule has 0 aromatic heterocycles. The van der Waals surface area contributed by atoms with Gasteiger partial charge >= 0.3 is 11.9 Å². The predicted octanol–water partition coefficient (Wildman–Crippen LogP) is 4.84. The lowest BCUT2D eigenvalue weighted by molar-refractivity contribution is -0.134. The van der Waals surface area contributed by atoms with Gasteiger partial charge in [-0.05, 0) is 32.1 Å². The summed E-state index contributed by atoms with van der Waals surface area (Å²) in [6.45, 7) is 2.67. The minimum atomic E-state index is -1.26. The molecule has 0 saturated carbocycles. The van der Waals surface area contributed by atoms with E-state index in [1.54, 1.807) is 0 Å². The average molecular weight is 442 g/mol. The van der Waals surface area contributed by atoms with Crippen molar-refractivity contribution in [1.29, 1.82) is 0 Å². The van der Waals surface area contributed by atoms with Crippen LogP contribution < -0.4 is 5.32 Å². The summed E-state index contributed by atoms with van der Waals surface area (Å²) in [6.07, 6.45) is 23.0. The van der Waals surface area contributed by atoms with Crippen molar-refractivity contribution in [1.82, 2.24) is 5.32 Å². The molecular formula is C24H43NO6. The van der Waals surface area contributed by atoms with Gasteiger partial charge in [-0.2, -0.15) is 0 Å². The second-order valence-electron chi connectivity index (χ2n) is 7.42. The Bertz CT molecular complexity index is 486. The molecule has 0 rings (SSSR count). The minimum Gasteiger partial charge on any atom is -0.478 e. The van der Waals surface area contributed by atoms with Gasteiger partial charge in [0.15, 0.2) is 0 Å². The number of aliphatic hydroxyl groups is 1. The fraction of sp³-hybridized carbons (Fsp3) is 0.708. The number of carbonyl (C=O) groups is 3. The Labute approximate surface area is 187 Å². The first-order valence-electron chi connectivity index (χ1n) is 11.6. The molecule has 0 atom stereocenters. The molecule has 0 saturated heterocycles. The van der Waals surface area contributed by atoms with Crippen LogP contribution in [0, 0.1) is 0 Å². The number of unbranched alkanes of at least 4 members (excludes halogenated alkanes) is 11. The van der Waals surface area contributed by atoms with E-state index in [9.17, 15) is 14.4 Å². The highest BCUT2D eigenvalue weighted by atomic mass is 16.4. The van der Waals surface area contributed by atoms with Gasteiger partial charge in [0.05, 0.1) is 6.61 Å². The van der Waals surface area contributed by atoms with Crippen LogP contribution in [0.4, 0.5) is 0 Å². The van der Waals surface area contributed by atoms with E-state index in [2.05, 4.69) is 24.4 Å². The molecule has 0 aliphatic carbocycles. The first-order chi connectivity index (χ1) is 14.9. The summed E-state index contributed by atoms with van der Waals surface area (Å²) in [4.78, 5) is 30.4. The van der Waals surface area contributed by atoms with Gasteiger partial charge in [0.25, 0.3) is 0 Å². The zero-order valence-electron chi connectivity index (χ0n) is 19.2. The van der Waals surface area contributed by atoms with Crippen LogP contribution in [0.2, 0.25) is 0 Å². The quantitative estimate of drug-likeness (QED) is 0.129. The van der Waals surface area contributed by atoms with E-state index >= 15 is 0 Å². The van der Waals surface area contributed by atoms with Crippen molar-refractivity contribution in [3.63, 3.8) is 0 Å². The first-order valence-corrected chi connectivity index (χ1v) is 11.6. The third-order valence-electron chi connectivity index (χ3n) is 4.47. The van der Waals surface area contributed by atoms with Crippen LogP contribution in [0.25, 0.3) is 0 Å². The van der Waals surface area contributed by atoms with E-state index in [-0.39, 0.29) is 12.5 Å². The molecule has 0 aliphatic heterocycles. The summed E-state index contributed by atoms with van der Waals surface area (Å²) in [5, 5.41) is 26.9. The Morgan fingerprint density at radius 3 is 1.61 bits per heavy atom. The molecule has 0 bridgehead atoms. The largest absolute Gasteiger partial charge is 0.478 e. The number of aliphatic carboxylic acids is 2. The number of hydrogen-bond donors (Lipinski definition) is 4. The van der Waals surface area contributed by atoms with Gasteiger partial charge in [0, 0.05) is 25.1 Å². The lowest BCUT2D eigenvalue weighted by Gasteiger charge is -2.03. The first kappa shape index (κ1) is 31.0. The molecule has 0 unspecified atom stereocenters. The number of aliphatic hydroxyl groups excluding tert-OH is 1. The molecule has 4 N–H and O–H groups in total. The lowest BCUT2D eigenvalue weighted by atomic mass is 10.1. The van der Waals surface area contributed by atoms with E-state index < -0.39 is 11.9 Å². The fourth-order valence-electron chi connectivity index (χ4n) is 2.78. The zero-order valence-corrected chi connectivity index (χ0v) is 19.2. The van der Waals surface area contributed by atoms with Crippen LogP contribution >= 0.6 is 0 Å². The Morgan fingerprint density at radius 2 is 1.16 bits per heavy atom. The van der Waals surface area contributed by atoms with Crippen LogP contribution in [0.5, 0.6) is 0 Å². The molecule has 0 radical (unpaired) electrons. The van der Waals surface area contributed by atoms with Crippen LogP contribution in [-0.2, 0) is 14.4 Å². The lowest BCUT2D eigenvalue weighted by Crippen LogP contribution is -2.25. The highest BCUT2D eigenvalue weighted by Gasteiger charge is 1.99. The molecule has 0 aliphatic rings. The van der Waals surface area contributed by atoms with Crippen molar-refractivity contribution in [2.24, 2.45) is 0 Å². The number of carboxylic acids is 2. The molecule has 0 heterocycles. The normalized spacial score (nSPS) is 10.8. The van der Waals surface area contributed by atoms with Crippen molar-refractivity contribution in [2.45, 2.75) is 96.8 Å². The fourth-order valence-corrected chi connectivity index (χ4v) is 2.78. The van der Waals surface area contributed by atoms with Gasteiger partial charge in [-0.3, -0.25) is 4.79 Å².